The van der Waals surface area contributed by atoms with E-state index in [-0.39, 0.29) is 41.8 Å². The Kier molecular flexibility index (Phi) is 8.18. The highest BCUT2D eigenvalue weighted by Gasteiger charge is 2.38. The molecule has 5 nitrogen and oxygen atoms in total. The highest BCUT2D eigenvalue weighted by molar-refractivity contribution is 14.0. The first kappa shape index (κ1) is 21.0. The summed E-state index contributed by atoms with van der Waals surface area (Å²) >= 11 is 0. The van der Waals surface area contributed by atoms with Gasteiger partial charge in [-0.1, -0.05) is 36.8 Å². The van der Waals surface area contributed by atoms with Crippen molar-refractivity contribution in [3.05, 3.63) is 35.9 Å². The van der Waals surface area contributed by atoms with E-state index in [0.29, 0.717) is 0 Å². The number of benzene rings is 1. The molecular weight excluding hydrogens is 439 g/mol. The number of likely N-dealkylation sites (tertiary alicyclic amines) is 1. The summed E-state index contributed by atoms with van der Waals surface area (Å²) in [5, 5.41) is 6.74. The predicted molar refractivity (Wildman–Crippen MR) is 117 cm³/mol. The monoisotopic (exact) mass is 470 g/mol. The molecule has 0 aromatic heterocycles. The van der Waals surface area contributed by atoms with Gasteiger partial charge in [0.05, 0.1) is 0 Å². The average molecular weight is 470 g/mol. The Labute approximate surface area is 174 Å². The predicted octanol–water partition coefficient (Wildman–Crippen LogP) is 2.90. The zero-order chi connectivity index (χ0) is 17.5. The Morgan fingerprint density at radius 2 is 1.81 bits per heavy atom. The summed E-state index contributed by atoms with van der Waals surface area (Å²) in [6.45, 7) is 5.71. The number of guanidine groups is 1. The first-order valence-electron chi connectivity index (χ1n) is 9.59. The van der Waals surface area contributed by atoms with Crippen LogP contribution in [0.5, 0.6) is 0 Å². The molecule has 1 amide bonds. The Morgan fingerprint density at radius 3 is 2.38 bits per heavy atom. The maximum atomic E-state index is 12.2. The second-order valence-electron chi connectivity index (χ2n) is 7.14. The first-order chi connectivity index (χ1) is 12.2. The summed E-state index contributed by atoms with van der Waals surface area (Å²) < 4.78 is 0. The van der Waals surface area contributed by atoms with E-state index < -0.39 is 0 Å². The smallest absolute Gasteiger partial charge is 0.244 e. The molecule has 1 aliphatic carbocycles. The summed E-state index contributed by atoms with van der Waals surface area (Å²) in [7, 11) is 0. The number of carbonyl (C=O) groups is 1. The number of nitrogens with one attached hydrogen (secondary N) is 2. The molecule has 2 aliphatic rings. The first-order valence-corrected chi connectivity index (χ1v) is 9.59. The molecule has 0 unspecified atom stereocenters. The van der Waals surface area contributed by atoms with Crippen molar-refractivity contribution in [2.24, 2.45) is 4.99 Å². The van der Waals surface area contributed by atoms with Crippen LogP contribution in [0.3, 0.4) is 0 Å². The van der Waals surface area contributed by atoms with Crippen molar-refractivity contribution in [1.82, 2.24) is 15.5 Å². The third-order valence-corrected chi connectivity index (χ3v) is 5.47. The second kappa shape index (κ2) is 10.1. The molecule has 0 spiro atoms. The van der Waals surface area contributed by atoms with Gasteiger partial charge in [0.2, 0.25) is 5.91 Å². The van der Waals surface area contributed by atoms with Crippen LogP contribution in [0.2, 0.25) is 0 Å². The number of hydrogen-bond acceptors (Lipinski definition) is 2. The number of carbonyl (C=O) groups excluding carboxylic acids is 1. The lowest BCUT2D eigenvalue weighted by Gasteiger charge is -2.43. The molecule has 0 bridgehead atoms. The Balaban J connectivity index is 0.00000243. The molecule has 0 radical (unpaired) electrons. The highest BCUT2D eigenvalue weighted by atomic mass is 127. The normalized spacial score (nSPS) is 18.7. The Bertz CT molecular complexity index is 595. The van der Waals surface area contributed by atoms with Crippen molar-refractivity contribution in [3.8, 4) is 0 Å². The van der Waals surface area contributed by atoms with Crippen LogP contribution in [0.1, 0.15) is 44.6 Å². The number of rotatable bonds is 6. The van der Waals surface area contributed by atoms with Gasteiger partial charge in [-0.2, -0.15) is 0 Å². The molecule has 0 atom stereocenters. The minimum Gasteiger partial charge on any atom is -0.357 e. The van der Waals surface area contributed by atoms with Gasteiger partial charge in [-0.05, 0) is 38.2 Å². The van der Waals surface area contributed by atoms with E-state index in [4.69, 9.17) is 0 Å². The van der Waals surface area contributed by atoms with Crippen molar-refractivity contribution in [1.29, 1.82) is 0 Å². The summed E-state index contributed by atoms with van der Waals surface area (Å²) in [6, 6.07) is 10.7. The number of hydrogen-bond donors (Lipinski definition) is 2. The molecule has 6 heteroatoms. The third-order valence-electron chi connectivity index (χ3n) is 5.47. The lowest BCUT2D eigenvalue weighted by atomic mass is 9.64. The second-order valence-corrected chi connectivity index (χ2v) is 7.14. The van der Waals surface area contributed by atoms with Gasteiger partial charge in [0.25, 0.3) is 0 Å². The quantitative estimate of drug-likeness (QED) is 0.382. The van der Waals surface area contributed by atoms with E-state index in [1.807, 2.05) is 4.90 Å². The third kappa shape index (κ3) is 5.11. The van der Waals surface area contributed by atoms with E-state index >= 15 is 0 Å². The molecule has 2 N–H and O–H groups in total. The summed E-state index contributed by atoms with van der Waals surface area (Å²) in [5.41, 5.74) is 1.61. The van der Waals surface area contributed by atoms with Gasteiger partial charge in [-0.25, -0.2) is 4.99 Å². The number of nitrogens with zero attached hydrogens (tertiary/aromatic N) is 2. The zero-order valence-electron chi connectivity index (χ0n) is 15.7. The van der Waals surface area contributed by atoms with Gasteiger partial charge in [0, 0.05) is 31.6 Å². The fourth-order valence-corrected chi connectivity index (χ4v) is 3.77. The number of halogens is 1. The van der Waals surface area contributed by atoms with Gasteiger partial charge >= 0.3 is 0 Å². The number of aliphatic imine (C=N–C) groups is 1. The van der Waals surface area contributed by atoms with Gasteiger partial charge in [-0.3, -0.25) is 4.79 Å². The summed E-state index contributed by atoms with van der Waals surface area (Å²) in [6.07, 6.45) is 5.92. The van der Waals surface area contributed by atoms with Crippen LogP contribution in [0.25, 0.3) is 0 Å². The van der Waals surface area contributed by atoms with Crippen molar-refractivity contribution in [3.63, 3.8) is 0 Å². The largest absolute Gasteiger partial charge is 0.357 e. The van der Waals surface area contributed by atoms with Crippen LogP contribution < -0.4 is 10.6 Å². The number of amides is 1. The minimum atomic E-state index is 0. The Hall–Kier alpha value is -1.31. The SMILES string of the molecule is CCNC(=NCC(=O)N1CCCC1)NCC1(c2ccccc2)CCC1.I. The van der Waals surface area contributed by atoms with Crippen LogP contribution in [0.4, 0.5) is 0 Å². The van der Waals surface area contributed by atoms with Crippen LogP contribution in [0, 0.1) is 0 Å². The molecule has 3 rings (SSSR count). The molecule has 1 aromatic rings. The maximum absolute atomic E-state index is 12.2. The molecule has 1 saturated carbocycles. The van der Waals surface area contributed by atoms with E-state index in [2.05, 4.69) is 52.9 Å². The van der Waals surface area contributed by atoms with E-state index in [9.17, 15) is 4.79 Å². The molecule has 2 fully saturated rings. The molecule has 26 heavy (non-hydrogen) atoms. The summed E-state index contributed by atoms with van der Waals surface area (Å²) in [4.78, 5) is 18.6. The lowest BCUT2D eigenvalue weighted by Crippen LogP contribution is -2.49. The van der Waals surface area contributed by atoms with Crippen molar-refractivity contribution in [2.75, 3.05) is 32.7 Å². The lowest BCUT2D eigenvalue weighted by molar-refractivity contribution is -0.128. The van der Waals surface area contributed by atoms with Crippen molar-refractivity contribution in [2.45, 2.75) is 44.4 Å². The molecule has 1 aliphatic heterocycles. The fourth-order valence-electron chi connectivity index (χ4n) is 3.77. The van der Waals surface area contributed by atoms with Gasteiger partial charge < -0.3 is 15.5 Å². The molecule has 1 heterocycles. The zero-order valence-corrected chi connectivity index (χ0v) is 18.0. The highest BCUT2D eigenvalue weighted by Crippen LogP contribution is 2.43. The van der Waals surface area contributed by atoms with Crippen LogP contribution in [-0.4, -0.2) is 49.5 Å². The van der Waals surface area contributed by atoms with Crippen LogP contribution in [0.15, 0.2) is 35.3 Å². The maximum Gasteiger partial charge on any atom is 0.244 e. The van der Waals surface area contributed by atoms with E-state index in [1.165, 1.54) is 24.8 Å². The van der Waals surface area contributed by atoms with Crippen molar-refractivity contribution < 1.29 is 4.79 Å². The van der Waals surface area contributed by atoms with Gasteiger partial charge in [-0.15, -0.1) is 24.0 Å². The molecular formula is C20H31IN4O. The van der Waals surface area contributed by atoms with E-state index in [1.54, 1.807) is 0 Å². The molecule has 1 aromatic carbocycles. The molecule has 1 saturated heterocycles. The Morgan fingerprint density at radius 1 is 1.12 bits per heavy atom. The van der Waals surface area contributed by atoms with Crippen molar-refractivity contribution >= 4 is 35.8 Å². The minimum absolute atomic E-state index is 0. The van der Waals surface area contributed by atoms with Gasteiger partial charge in [0.15, 0.2) is 5.96 Å². The topological polar surface area (TPSA) is 56.7 Å². The fraction of sp³-hybridized carbons (Fsp3) is 0.600. The van der Waals surface area contributed by atoms with Gasteiger partial charge in [0.1, 0.15) is 6.54 Å². The van der Waals surface area contributed by atoms with E-state index in [0.717, 1.165) is 45.0 Å². The molecule has 144 valence electrons. The van der Waals surface area contributed by atoms with Crippen LogP contribution in [-0.2, 0) is 10.2 Å². The van der Waals surface area contributed by atoms with Crippen LogP contribution >= 0.6 is 24.0 Å². The standard InChI is InChI=1S/C20H30N4O.HI/c1-2-21-19(22-15-18(25)24-13-6-7-14-24)23-16-20(11-8-12-20)17-9-4-3-5-10-17;/h3-5,9-10H,2,6-8,11-16H2,1H3,(H2,21,22,23);1H. The average Bonchev–Trinajstić information content (AvgIpc) is 3.14. The summed E-state index contributed by atoms with van der Waals surface area (Å²) in [5.74, 6) is 0.883.